The van der Waals surface area contributed by atoms with E-state index in [1.54, 1.807) is 0 Å². The smallest absolute Gasteiger partial charge is 0.220 e. The Labute approximate surface area is 110 Å². The standard InChI is InChI=1S/C14H26N2O2/c1-10-2-4-11(5-3-10)6-14(18)16-8-12-7-15-9-13(12)17/h10-13,15,17H,2-9H2,1H3,(H,16,18). The van der Waals surface area contributed by atoms with Crippen molar-refractivity contribution in [1.82, 2.24) is 10.6 Å². The fourth-order valence-corrected chi connectivity index (χ4v) is 3.04. The van der Waals surface area contributed by atoms with Crippen LogP contribution >= 0.6 is 0 Å². The fraction of sp³-hybridized carbons (Fsp3) is 0.929. The molecule has 1 aliphatic carbocycles. The van der Waals surface area contributed by atoms with Crippen LogP contribution in [-0.4, -0.2) is 36.8 Å². The lowest BCUT2D eigenvalue weighted by atomic mass is 9.81. The number of β-amino-alcohol motifs (C(OH)–C–C–N with tert-alkyl or cyclic N) is 1. The molecule has 0 aromatic heterocycles. The second-order valence-electron chi connectivity index (χ2n) is 6.12. The number of carbonyl (C=O) groups excluding carboxylic acids is 1. The number of aliphatic hydroxyl groups excluding tert-OH is 1. The van der Waals surface area contributed by atoms with Crippen molar-refractivity contribution in [3.8, 4) is 0 Å². The van der Waals surface area contributed by atoms with Gasteiger partial charge in [-0.25, -0.2) is 0 Å². The minimum atomic E-state index is -0.305. The van der Waals surface area contributed by atoms with Gasteiger partial charge in [-0.15, -0.1) is 0 Å². The van der Waals surface area contributed by atoms with E-state index in [0.717, 1.165) is 12.5 Å². The summed E-state index contributed by atoms with van der Waals surface area (Å²) in [5.41, 5.74) is 0. The monoisotopic (exact) mass is 254 g/mol. The Kier molecular flexibility index (Phi) is 5.01. The molecule has 0 spiro atoms. The van der Waals surface area contributed by atoms with Crippen LogP contribution < -0.4 is 10.6 Å². The van der Waals surface area contributed by atoms with Crippen LogP contribution in [0, 0.1) is 17.8 Å². The number of hydrogen-bond donors (Lipinski definition) is 3. The third kappa shape index (κ3) is 3.95. The molecule has 0 radical (unpaired) electrons. The number of hydrogen-bond acceptors (Lipinski definition) is 3. The molecule has 0 bridgehead atoms. The van der Waals surface area contributed by atoms with E-state index in [9.17, 15) is 9.90 Å². The van der Waals surface area contributed by atoms with Gasteiger partial charge in [-0.3, -0.25) is 4.79 Å². The van der Waals surface area contributed by atoms with E-state index in [-0.39, 0.29) is 17.9 Å². The topological polar surface area (TPSA) is 61.4 Å². The number of carbonyl (C=O) groups is 1. The summed E-state index contributed by atoms with van der Waals surface area (Å²) < 4.78 is 0. The minimum Gasteiger partial charge on any atom is -0.391 e. The van der Waals surface area contributed by atoms with Gasteiger partial charge in [0.1, 0.15) is 0 Å². The second-order valence-corrected chi connectivity index (χ2v) is 6.12. The Morgan fingerprint density at radius 2 is 2.00 bits per heavy atom. The molecule has 1 amide bonds. The van der Waals surface area contributed by atoms with Crippen LogP contribution in [0.15, 0.2) is 0 Å². The highest BCUT2D eigenvalue weighted by molar-refractivity contribution is 5.76. The van der Waals surface area contributed by atoms with Gasteiger partial charge in [0.15, 0.2) is 0 Å². The van der Waals surface area contributed by atoms with E-state index in [2.05, 4.69) is 17.6 Å². The van der Waals surface area contributed by atoms with Gasteiger partial charge < -0.3 is 15.7 Å². The molecule has 1 saturated heterocycles. The lowest BCUT2D eigenvalue weighted by Crippen LogP contribution is -2.35. The molecule has 2 rings (SSSR count). The van der Waals surface area contributed by atoms with Gasteiger partial charge in [0.05, 0.1) is 6.10 Å². The summed E-state index contributed by atoms with van der Waals surface area (Å²) in [6, 6.07) is 0. The first-order valence-corrected chi connectivity index (χ1v) is 7.30. The van der Waals surface area contributed by atoms with Crippen molar-refractivity contribution >= 4 is 5.91 Å². The van der Waals surface area contributed by atoms with Gasteiger partial charge in [-0.2, -0.15) is 0 Å². The van der Waals surface area contributed by atoms with Crippen molar-refractivity contribution in [1.29, 1.82) is 0 Å². The highest BCUT2D eigenvalue weighted by Gasteiger charge is 2.26. The molecule has 2 unspecified atom stereocenters. The summed E-state index contributed by atoms with van der Waals surface area (Å²) in [6.07, 6.45) is 5.29. The maximum Gasteiger partial charge on any atom is 0.220 e. The normalized spacial score (nSPS) is 36.6. The first-order chi connectivity index (χ1) is 8.65. The van der Waals surface area contributed by atoms with E-state index in [4.69, 9.17) is 0 Å². The van der Waals surface area contributed by atoms with Crippen LogP contribution in [0.25, 0.3) is 0 Å². The zero-order valence-electron chi connectivity index (χ0n) is 11.3. The zero-order valence-corrected chi connectivity index (χ0v) is 11.3. The van der Waals surface area contributed by atoms with Crippen molar-refractivity contribution in [3.05, 3.63) is 0 Å². The predicted octanol–water partition coefficient (Wildman–Crippen LogP) is 0.899. The van der Waals surface area contributed by atoms with Gasteiger partial charge in [-0.1, -0.05) is 19.8 Å². The van der Waals surface area contributed by atoms with Crippen LogP contribution in [-0.2, 0) is 4.79 Å². The van der Waals surface area contributed by atoms with Gasteiger partial charge >= 0.3 is 0 Å². The van der Waals surface area contributed by atoms with E-state index < -0.39 is 0 Å². The number of aliphatic hydroxyl groups is 1. The van der Waals surface area contributed by atoms with Crippen molar-refractivity contribution < 1.29 is 9.90 Å². The van der Waals surface area contributed by atoms with Gasteiger partial charge in [0.2, 0.25) is 5.91 Å². The fourth-order valence-electron chi connectivity index (χ4n) is 3.04. The molecule has 1 saturated carbocycles. The average Bonchev–Trinajstić information content (AvgIpc) is 2.75. The molecule has 1 aliphatic heterocycles. The Hall–Kier alpha value is -0.610. The third-order valence-corrected chi connectivity index (χ3v) is 4.48. The van der Waals surface area contributed by atoms with E-state index >= 15 is 0 Å². The molecule has 2 aliphatic rings. The molecule has 0 aromatic rings. The van der Waals surface area contributed by atoms with Crippen molar-refractivity contribution in [3.63, 3.8) is 0 Å². The molecule has 3 N–H and O–H groups in total. The highest BCUT2D eigenvalue weighted by atomic mass is 16.3. The molecular weight excluding hydrogens is 228 g/mol. The first-order valence-electron chi connectivity index (χ1n) is 7.30. The largest absolute Gasteiger partial charge is 0.391 e. The van der Waals surface area contributed by atoms with Crippen LogP contribution in [0.4, 0.5) is 0 Å². The molecule has 4 nitrogen and oxygen atoms in total. The quantitative estimate of drug-likeness (QED) is 0.698. The lowest BCUT2D eigenvalue weighted by molar-refractivity contribution is -0.122. The summed E-state index contributed by atoms with van der Waals surface area (Å²) >= 11 is 0. The number of nitrogens with one attached hydrogen (secondary N) is 2. The molecule has 0 aromatic carbocycles. The molecule has 2 atom stereocenters. The number of amides is 1. The Balaban J connectivity index is 1.63. The predicted molar refractivity (Wildman–Crippen MR) is 71.1 cm³/mol. The van der Waals surface area contributed by atoms with Crippen molar-refractivity contribution in [2.75, 3.05) is 19.6 Å². The Bertz CT molecular complexity index is 275. The second kappa shape index (κ2) is 6.53. The third-order valence-electron chi connectivity index (χ3n) is 4.48. The highest BCUT2D eigenvalue weighted by Crippen LogP contribution is 2.30. The summed E-state index contributed by atoms with van der Waals surface area (Å²) in [5.74, 6) is 1.76. The minimum absolute atomic E-state index is 0.161. The molecule has 4 heteroatoms. The van der Waals surface area contributed by atoms with Crippen molar-refractivity contribution in [2.24, 2.45) is 17.8 Å². The zero-order chi connectivity index (χ0) is 13.0. The van der Waals surface area contributed by atoms with E-state index in [0.29, 0.717) is 25.4 Å². The van der Waals surface area contributed by atoms with E-state index in [1.165, 1.54) is 25.7 Å². The van der Waals surface area contributed by atoms with Crippen LogP contribution in [0.2, 0.25) is 0 Å². The van der Waals surface area contributed by atoms with Gasteiger partial charge in [0.25, 0.3) is 0 Å². The lowest BCUT2D eigenvalue weighted by Gasteiger charge is -2.25. The van der Waals surface area contributed by atoms with Crippen LogP contribution in [0.1, 0.15) is 39.0 Å². The van der Waals surface area contributed by atoms with Crippen LogP contribution in [0.3, 0.4) is 0 Å². The molecule has 1 heterocycles. The summed E-state index contributed by atoms with van der Waals surface area (Å²) in [4.78, 5) is 11.8. The molecule has 18 heavy (non-hydrogen) atoms. The van der Waals surface area contributed by atoms with Gasteiger partial charge in [-0.05, 0) is 24.7 Å². The summed E-state index contributed by atoms with van der Waals surface area (Å²) in [6.45, 7) is 4.37. The van der Waals surface area contributed by atoms with E-state index in [1.807, 2.05) is 0 Å². The Morgan fingerprint density at radius 3 is 2.61 bits per heavy atom. The summed E-state index contributed by atoms with van der Waals surface area (Å²) in [5, 5.41) is 15.7. The summed E-state index contributed by atoms with van der Waals surface area (Å²) in [7, 11) is 0. The van der Waals surface area contributed by atoms with Gasteiger partial charge in [0, 0.05) is 32.0 Å². The SMILES string of the molecule is CC1CCC(CC(=O)NCC2CNCC2O)CC1. The first kappa shape index (κ1) is 13.8. The van der Waals surface area contributed by atoms with Crippen LogP contribution in [0.5, 0.6) is 0 Å². The number of rotatable bonds is 4. The average molecular weight is 254 g/mol. The molecular formula is C14H26N2O2. The Morgan fingerprint density at radius 1 is 1.28 bits per heavy atom. The molecule has 2 fully saturated rings. The molecule has 104 valence electrons. The maximum atomic E-state index is 11.8. The van der Waals surface area contributed by atoms with Crippen molar-refractivity contribution in [2.45, 2.75) is 45.1 Å². The maximum absolute atomic E-state index is 11.8.